The predicted octanol–water partition coefficient (Wildman–Crippen LogP) is 4.10. The molecule has 0 aliphatic carbocycles. The molecule has 1 unspecified atom stereocenters. The fraction of sp³-hybridized carbons (Fsp3) is 0.438. The number of nitrogens with one attached hydrogen (secondary N) is 1. The summed E-state index contributed by atoms with van der Waals surface area (Å²) in [4.78, 5) is 0. The molecule has 2 aromatic rings. The topological polar surface area (TPSA) is 29.9 Å². The van der Waals surface area contributed by atoms with Gasteiger partial charge in [-0.25, -0.2) is 0 Å². The van der Waals surface area contributed by atoms with E-state index in [1.807, 2.05) is 37.0 Å². The first kappa shape index (κ1) is 16.3. The first-order valence-electron chi connectivity index (χ1n) is 7.11. The number of rotatable bonds is 5. The first-order valence-corrected chi connectivity index (χ1v) is 7.87. The van der Waals surface area contributed by atoms with Crippen LogP contribution in [-0.2, 0) is 19.9 Å². The number of nitrogens with zero attached hydrogens (tertiary/aromatic N) is 2. The van der Waals surface area contributed by atoms with Crippen LogP contribution in [-0.4, -0.2) is 16.8 Å². The third kappa shape index (κ3) is 3.42. The average Bonchev–Trinajstić information content (AvgIpc) is 2.74. The summed E-state index contributed by atoms with van der Waals surface area (Å²) in [5, 5.41) is 9.37. The smallest absolute Gasteiger partial charge is 0.0850 e. The highest BCUT2D eigenvalue weighted by atomic mass is 35.5. The predicted molar refractivity (Wildman–Crippen MR) is 89.3 cm³/mol. The van der Waals surface area contributed by atoms with E-state index < -0.39 is 0 Å². The van der Waals surface area contributed by atoms with Crippen LogP contribution in [0.15, 0.2) is 18.2 Å². The van der Waals surface area contributed by atoms with Crippen molar-refractivity contribution >= 4 is 23.2 Å². The van der Waals surface area contributed by atoms with Crippen molar-refractivity contribution in [3.8, 4) is 0 Å². The molecule has 3 nitrogen and oxygen atoms in total. The highest BCUT2D eigenvalue weighted by molar-refractivity contribution is 6.32. The van der Waals surface area contributed by atoms with Gasteiger partial charge in [0.05, 0.1) is 16.4 Å². The molecule has 0 spiro atoms. The van der Waals surface area contributed by atoms with Crippen molar-refractivity contribution in [2.24, 2.45) is 7.05 Å². The standard InChI is InChI=1S/C16H21Cl2N3/c1-5-13-16(18)15(21(4)20-13)9-14(19-3)12-8-11(17)7-6-10(12)2/h6-8,14,19H,5,9H2,1-4H3. The third-order valence-electron chi connectivity index (χ3n) is 3.87. The Kier molecular flexibility index (Phi) is 5.31. The van der Waals surface area contributed by atoms with Gasteiger partial charge >= 0.3 is 0 Å². The molecule has 5 heteroatoms. The van der Waals surface area contributed by atoms with Crippen molar-refractivity contribution in [2.45, 2.75) is 32.7 Å². The van der Waals surface area contributed by atoms with Gasteiger partial charge in [0, 0.05) is 24.5 Å². The summed E-state index contributed by atoms with van der Waals surface area (Å²) in [5.74, 6) is 0. The molecule has 114 valence electrons. The molecule has 0 bridgehead atoms. The number of benzene rings is 1. The molecule has 1 aromatic heterocycles. The summed E-state index contributed by atoms with van der Waals surface area (Å²) in [6, 6.07) is 6.13. The molecular weight excluding hydrogens is 305 g/mol. The van der Waals surface area contributed by atoms with Gasteiger partial charge in [-0.3, -0.25) is 4.68 Å². The average molecular weight is 326 g/mol. The summed E-state index contributed by atoms with van der Waals surface area (Å²) < 4.78 is 1.88. The summed E-state index contributed by atoms with van der Waals surface area (Å²) in [6.45, 7) is 4.16. The Balaban J connectivity index is 2.36. The Labute approximate surface area is 136 Å². The lowest BCUT2D eigenvalue weighted by atomic mass is 9.97. The minimum absolute atomic E-state index is 0.154. The van der Waals surface area contributed by atoms with Gasteiger partial charge in [-0.05, 0) is 43.7 Å². The second-order valence-electron chi connectivity index (χ2n) is 5.23. The molecule has 2 rings (SSSR count). The zero-order valence-electron chi connectivity index (χ0n) is 12.9. The lowest BCUT2D eigenvalue weighted by molar-refractivity contribution is 0.559. The van der Waals surface area contributed by atoms with Gasteiger partial charge in [-0.1, -0.05) is 36.2 Å². The van der Waals surface area contributed by atoms with Crippen LogP contribution in [0.3, 0.4) is 0 Å². The Morgan fingerprint density at radius 3 is 2.62 bits per heavy atom. The van der Waals surface area contributed by atoms with E-state index in [9.17, 15) is 0 Å². The van der Waals surface area contributed by atoms with Gasteiger partial charge in [0.2, 0.25) is 0 Å². The Morgan fingerprint density at radius 2 is 2.05 bits per heavy atom. The molecule has 0 saturated carbocycles. The van der Waals surface area contributed by atoms with Crippen LogP contribution in [0, 0.1) is 6.92 Å². The molecule has 0 amide bonds. The van der Waals surface area contributed by atoms with Gasteiger partial charge in [0.25, 0.3) is 0 Å². The lowest BCUT2D eigenvalue weighted by Gasteiger charge is -2.19. The van der Waals surface area contributed by atoms with Crippen molar-refractivity contribution in [3.63, 3.8) is 0 Å². The van der Waals surface area contributed by atoms with Crippen LogP contribution in [0.1, 0.15) is 35.5 Å². The van der Waals surface area contributed by atoms with Crippen LogP contribution >= 0.6 is 23.2 Å². The van der Waals surface area contributed by atoms with Gasteiger partial charge in [-0.15, -0.1) is 0 Å². The fourth-order valence-corrected chi connectivity index (χ4v) is 3.14. The molecule has 0 saturated heterocycles. The van der Waals surface area contributed by atoms with E-state index in [0.29, 0.717) is 0 Å². The number of halogens is 2. The SMILES string of the molecule is CCc1nn(C)c(CC(NC)c2cc(Cl)ccc2C)c1Cl. The van der Waals surface area contributed by atoms with Gasteiger partial charge in [0.15, 0.2) is 0 Å². The number of aryl methyl sites for hydroxylation is 3. The molecular formula is C16H21Cl2N3. The molecule has 1 heterocycles. The highest BCUT2D eigenvalue weighted by Gasteiger charge is 2.19. The Bertz CT molecular complexity index is 635. The Morgan fingerprint density at radius 1 is 1.33 bits per heavy atom. The van der Waals surface area contributed by atoms with Crippen LogP contribution in [0.2, 0.25) is 10.0 Å². The number of likely N-dealkylation sites (N-methyl/N-ethyl adjacent to an activating group) is 1. The molecule has 21 heavy (non-hydrogen) atoms. The monoisotopic (exact) mass is 325 g/mol. The maximum atomic E-state index is 6.45. The molecule has 0 aliphatic heterocycles. The summed E-state index contributed by atoms with van der Waals surface area (Å²) in [7, 11) is 3.90. The molecule has 0 fully saturated rings. The first-order chi connectivity index (χ1) is 9.97. The molecule has 0 radical (unpaired) electrons. The minimum Gasteiger partial charge on any atom is -0.313 e. The summed E-state index contributed by atoms with van der Waals surface area (Å²) in [6.07, 6.45) is 1.62. The quantitative estimate of drug-likeness (QED) is 0.896. The van der Waals surface area contributed by atoms with Crippen LogP contribution in [0.4, 0.5) is 0 Å². The number of hydrogen-bond acceptors (Lipinski definition) is 2. The van der Waals surface area contributed by atoms with E-state index in [-0.39, 0.29) is 6.04 Å². The van der Waals surface area contributed by atoms with Crippen LogP contribution in [0.25, 0.3) is 0 Å². The van der Waals surface area contributed by atoms with E-state index in [1.165, 1.54) is 11.1 Å². The third-order valence-corrected chi connectivity index (χ3v) is 4.54. The molecule has 1 aromatic carbocycles. The molecule has 1 atom stereocenters. The van der Waals surface area contributed by atoms with E-state index in [4.69, 9.17) is 23.2 Å². The maximum absolute atomic E-state index is 6.45. The largest absolute Gasteiger partial charge is 0.313 e. The van der Waals surface area contributed by atoms with Crippen molar-refractivity contribution in [3.05, 3.63) is 50.8 Å². The zero-order chi connectivity index (χ0) is 15.6. The van der Waals surface area contributed by atoms with E-state index in [1.54, 1.807) is 0 Å². The highest BCUT2D eigenvalue weighted by Crippen LogP contribution is 2.28. The van der Waals surface area contributed by atoms with E-state index in [0.717, 1.165) is 34.3 Å². The Hall–Kier alpha value is -1.03. The minimum atomic E-state index is 0.154. The second kappa shape index (κ2) is 6.82. The van der Waals surface area contributed by atoms with E-state index in [2.05, 4.69) is 24.3 Å². The zero-order valence-corrected chi connectivity index (χ0v) is 14.4. The van der Waals surface area contributed by atoms with Crippen molar-refractivity contribution in [1.29, 1.82) is 0 Å². The van der Waals surface area contributed by atoms with Crippen LogP contribution < -0.4 is 5.32 Å². The van der Waals surface area contributed by atoms with Crippen LogP contribution in [0.5, 0.6) is 0 Å². The fourth-order valence-electron chi connectivity index (χ4n) is 2.59. The molecule has 1 N–H and O–H groups in total. The van der Waals surface area contributed by atoms with E-state index >= 15 is 0 Å². The lowest BCUT2D eigenvalue weighted by Crippen LogP contribution is -2.21. The van der Waals surface area contributed by atoms with Crippen molar-refractivity contribution in [2.75, 3.05) is 7.05 Å². The van der Waals surface area contributed by atoms with Gasteiger partial charge < -0.3 is 5.32 Å². The van der Waals surface area contributed by atoms with Gasteiger partial charge in [-0.2, -0.15) is 5.10 Å². The second-order valence-corrected chi connectivity index (χ2v) is 6.05. The summed E-state index contributed by atoms with van der Waals surface area (Å²) in [5.41, 5.74) is 4.41. The van der Waals surface area contributed by atoms with Crippen molar-refractivity contribution in [1.82, 2.24) is 15.1 Å². The number of aromatic nitrogens is 2. The normalized spacial score (nSPS) is 12.7. The number of hydrogen-bond donors (Lipinski definition) is 1. The maximum Gasteiger partial charge on any atom is 0.0850 e. The van der Waals surface area contributed by atoms with Crippen molar-refractivity contribution < 1.29 is 0 Å². The molecule has 0 aliphatic rings. The van der Waals surface area contributed by atoms with Gasteiger partial charge in [0.1, 0.15) is 0 Å². The summed E-state index contributed by atoms with van der Waals surface area (Å²) >= 11 is 12.6.